The first kappa shape index (κ1) is 62.5. The lowest BCUT2D eigenvalue weighted by Crippen LogP contribution is -2.70. The number of nitrogens with one attached hydrogen (secondary N) is 3. The fourth-order valence-electron chi connectivity index (χ4n) is 9.86. The minimum Gasteiger partial charge on any atom is -0.394 e. The highest BCUT2D eigenvalue weighted by Crippen LogP contribution is 2.36. The van der Waals surface area contributed by atoms with Gasteiger partial charge >= 0.3 is 0 Å². The van der Waals surface area contributed by atoms with Crippen molar-refractivity contribution in [3.05, 3.63) is 0 Å². The van der Waals surface area contributed by atoms with Gasteiger partial charge in [-0.1, -0.05) is 0 Å². The summed E-state index contributed by atoms with van der Waals surface area (Å²) in [7, 11) is 0. The molecule has 0 aromatic heterocycles. The molecule has 19 N–H and O–H groups in total. The van der Waals surface area contributed by atoms with Crippen molar-refractivity contribution in [1.82, 2.24) is 16.0 Å². The van der Waals surface area contributed by atoms with Gasteiger partial charge in [-0.2, -0.15) is 0 Å². The Labute approximate surface area is 432 Å². The molecule has 3 amide bonds. The van der Waals surface area contributed by atoms with Crippen molar-refractivity contribution in [3.63, 3.8) is 0 Å². The summed E-state index contributed by atoms with van der Waals surface area (Å²) in [5.41, 5.74) is 0. The van der Waals surface area contributed by atoms with Gasteiger partial charge in [-0.3, -0.25) is 14.4 Å². The van der Waals surface area contributed by atoms with Crippen LogP contribution in [0.15, 0.2) is 0 Å². The first-order chi connectivity index (χ1) is 35.9. The lowest BCUT2D eigenvalue weighted by atomic mass is 9.92. The number of rotatable bonds is 19. The van der Waals surface area contributed by atoms with Gasteiger partial charge in [-0.15, -0.1) is 0 Å². The second-order valence-electron chi connectivity index (χ2n) is 19.3. The van der Waals surface area contributed by atoms with E-state index in [1.807, 2.05) is 0 Å². The van der Waals surface area contributed by atoms with E-state index in [4.69, 9.17) is 52.1 Å². The third kappa shape index (κ3) is 13.7. The van der Waals surface area contributed by atoms with Crippen LogP contribution in [0.25, 0.3) is 0 Å². The Morgan fingerprint density at radius 2 is 0.724 bits per heavy atom. The Bertz CT molecular complexity index is 1870. The summed E-state index contributed by atoms with van der Waals surface area (Å²) in [6, 6.07) is -4.41. The Kier molecular flexibility index (Phi) is 22.4. The van der Waals surface area contributed by atoms with Crippen molar-refractivity contribution >= 4 is 17.7 Å². The van der Waals surface area contributed by atoms with Gasteiger partial charge in [-0.05, 0) is 6.92 Å². The zero-order valence-electron chi connectivity index (χ0n) is 41.4. The number of aliphatic hydroxyl groups excluding tert-OH is 16. The predicted octanol–water partition coefficient (Wildman–Crippen LogP) is -12.6. The SMILES string of the molecule is CC(=O)NC1C(O)[C@H](O)[C@H](CO)O[C@H]1O[C@@H]1C(O)[C@H](O)C(CO)O[C@@H]1OCC1O[C@@H](O[C@@H]2C(CO)O[C@@H](O[C@@H]3C(CO)O[C@@H](C)[C@@H](NC(C)=O)C3O)[C@@H](NC(C)=O)C2O)C(O)C(O[C@H]2O[C@H](CO)[C@@H](O)C(O)C2O)[C@@H]1O. The van der Waals surface area contributed by atoms with E-state index >= 15 is 0 Å². The molecule has 440 valence electrons. The van der Waals surface area contributed by atoms with Gasteiger partial charge in [-0.25, -0.2) is 0 Å². The first-order valence-electron chi connectivity index (χ1n) is 24.4. The average Bonchev–Trinajstić information content (AvgIpc) is 3.37. The van der Waals surface area contributed by atoms with Crippen LogP contribution < -0.4 is 16.0 Å². The lowest BCUT2D eigenvalue weighted by Gasteiger charge is -2.50. The van der Waals surface area contributed by atoms with E-state index in [0.717, 1.165) is 13.8 Å². The summed E-state index contributed by atoms with van der Waals surface area (Å²) < 4.78 is 64.4. The van der Waals surface area contributed by atoms with Crippen molar-refractivity contribution in [1.29, 1.82) is 0 Å². The molecule has 30 atom stereocenters. The Balaban J connectivity index is 1.30. The van der Waals surface area contributed by atoms with E-state index < -0.39 is 241 Å². The topological polar surface area (TPSA) is 513 Å². The van der Waals surface area contributed by atoms with Crippen molar-refractivity contribution in [2.75, 3.05) is 39.6 Å². The normalized spacial score (nSPS) is 48.2. The molecule has 6 heterocycles. The average molecular weight is 1110 g/mol. The van der Waals surface area contributed by atoms with Gasteiger partial charge < -0.3 is 150 Å². The standard InChI is InChI=1S/C43H73N3O30/c1-11-21(44-12(2)52)29(60)35(18(8-50)67-11)73-40-23(46-14(4)54)30(61)36(19(9-51)71-40)74-42-34(65)37(75-41-33(64)31(62)25(56)16(6-48)69-41)27(58)20(72-42)10-66-43-38(32(63)26(57)17(7-49)70-43)76-39-22(45-13(3)53)28(59)24(55)15(5-47)68-39/h11,15-43,47-51,55-65H,5-10H2,1-4H3,(H,44,52)(H,45,53)(H,46,54)/t11-,15-,16+,17?,18?,19?,20?,21+,22?,23-,24+,25+,26+,27+,28?,29?,30?,31?,32?,33?,34?,35+,36+,37?,38+,39-,40-,41+,42-,43-/m0/s1. The summed E-state index contributed by atoms with van der Waals surface area (Å²) in [6.07, 6.45) is -49.5. The molecule has 6 rings (SSSR count). The summed E-state index contributed by atoms with van der Waals surface area (Å²) in [5, 5.41) is 181. The van der Waals surface area contributed by atoms with Gasteiger partial charge in [0.05, 0.1) is 51.8 Å². The van der Waals surface area contributed by atoms with Crippen molar-refractivity contribution in [3.8, 4) is 0 Å². The number of aliphatic hydroxyl groups is 16. The number of carbonyl (C=O) groups excluding carboxylic acids is 3. The highest BCUT2D eigenvalue weighted by molar-refractivity contribution is 5.74. The van der Waals surface area contributed by atoms with Crippen LogP contribution >= 0.6 is 0 Å². The lowest BCUT2D eigenvalue weighted by molar-refractivity contribution is -0.386. The quantitative estimate of drug-likeness (QED) is 0.0571. The number of hydrogen-bond acceptors (Lipinski definition) is 30. The zero-order chi connectivity index (χ0) is 56.2. The fourth-order valence-corrected chi connectivity index (χ4v) is 9.86. The van der Waals surface area contributed by atoms with Gasteiger partial charge in [0.15, 0.2) is 31.5 Å². The summed E-state index contributed by atoms with van der Waals surface area (Å²) in [5.74, 6) is -2.12. The monoisotopic (exact) mass is 1110 g/mol. The number of carbonyl (C=O) groups is 3. The maximum absolute atomic E-state index is 12.6. The van der Waals surface area contributed by atoms with Gasteiger partial charge in [0.1, 0.15) is 140 Å². The molecule has 6 saturated heterocycles. The van der Waals surface area contributed by atoms with Crippen LogP contribution in [-0.2, 0) is 66.5 Å². The molecule has 0 saturated carbocycles. The molecule has 0 radical (unpaired) electrons. The van der Waals surface area contributed by atoms with E-state index in [1.165, 1.54) is 13.8 Å². The van der Waals surface area contributed by atoms with Gasteiger partial charge in [0.2, 0.25) is 17.7 Å². The molecule has 0 aromatic rings. The van der Waals surface area contributed by atoms with E-state index in [0.29, 0.717) is 0 Å². The summed E-state index contributed by atoms with van der Waals surface area (Å²) >= 11 is 0. The fraction of sp³-hybridized carbons (Fsp3) is 0.930. The summed E-state index contributed by atoms with van der Waals surface area (Å²) in [4.78, 5) is 36.8. The molecule has 0 bridgehead atoms. The van der Waals surface area contributed by atoms with E-state index in [2.05, 4.69) is 16.0 Å². The highest BCUT2D eigenvalue weighted by atomic mass is 16.8. The zero-order valence-corrected chi connectivity index (χ0v) is 41.4. The van der Waals surface area contributed by atoms with Crippen LogP contribution in [0.3, 0.4) is 0 Å². The third-order valence-corrected chi connectivity index (χ3v) is 13.9. The second-order valence-corrected chi connectivity index (χ2v) is 19.3. The molecule has 13 unspecified atom stereocenters. The highest BCUT2D eigenvalue weighted by Gasteiger charge is 2.57. The number of hydrogen-bond donors (Lipinski definition) is 19. The predicted molar refractivity (Wildman–Crippen MR) is 237 cm³/mol. The molecule has 0 aromatic carbocycles. The Morgan fingerprint density at radius 3 is 1.25 bits per heavy atom. The Morgan fingerprint density at radius 1 is 0.355 bits per heavy atom. The molecule has 6 fully saturated rings. The molecule has 6 aliphatic heterocycles. The molecule has 0 spiro atoms. The first-order valence-corrected chi connectivity index (χ1v) is 24.4. The van der Waals surface area contributed by atoms with Crippen LogP contribution in [-0.4, -0.2) is 323 Å². The molecule has 76 heavy (non-hydrogen) atoms. The minimum absolute atomic E-state index is 0.561. The van der Waals surface area contributed by atoms with Crippen LogP contribution in [0.4, 0.5) is 0 Å². The second kappa shape index (κ2) is 27.2. The van der Waals surface area contributed by atoms with E-state index in [1.54, 1.807) is 0 Å². The summed E-state index contributed by atoms with van der Waals surface area (Å²) in [6.45, 7) is -0.745. The smallest absolute Gasteiger partial charge is 0.217 e. The third-order valence-electron chi connectivity index (χ3n) is 13.9. The maximum atomic E-state index is 12.6. The maximum Gasteiger partial charge on any atom is 0.217 e. The van der Waals surface area contributed by atoms with Crippen LogP contribution in [0.2, 0.25) is 0 Å². The molecule has 0 aliphatic carbocycles. The van der Waals surface area contributed by atoms with Crippen LogP contribution in [0, 0.1) is 0 Å². The number of ether oxygens (including phenoxy) is 11. The van der Waals surface area contributed by atoms with Crippen LogP contribution in [0.5, 0.6) is 0 Å². The molecular weight excluding hydrogens is 1040 g/mol. The largest absolute Gasteiger partial charge is 0.394 e. The van der Waals surface area contributed by atoms with Crippen molar-refractivity contribution < 1.29 is 148 Å². The molecule has 33 nitrogen and oxygen atoms in total. The molecule has 33 heteroatoms. The van der Waals surface area contributed by atoms with E-state index in [9.17, 15) is 96.1 Å². The minimum atomic E-state index is -2.26. The number of amides is 3. The Hall–Kier alpha value is -2.67. The van der Waals surface area contributed by atoms with Gasteiger partial charge in [0.25, 0.3) is 0 Å². The molecule has 6 aliphatic rings. The van der Waals surface area contributed by atoms with Gasteiger partial charge in [0, 0.05) is 20.8 Å². The van der Waals surface area contributed by atoms with Crippen LogP contribution in [0.1, 0.15) is 27.7 Å². The van der Waals surface area contributed by atoms with Crippen molar-refractivity contribution in [2.45, 2.75) is 212 Å². The van der Waals surface area contributed by atoms with Crippen molar-refractivity contribution in [2.24, 2.45) is 0 Å². The van der Waals surface area contributed by atoms with E-state index in [-0.39, 0.29) is 0 Å². The molecular formula is C43H73N3O30.